The van der Waals surface area contributed by atoms with Crippen LogP contribution in [0, 0.1) is 5.82 Å². The monoisotopic (exact) mass is 441 g/mol. The Kier molecular flexibility index (Phi) is 3.97. The number of carbonyl (C=O) groups is 1. The van der Waals surface area contributed by atoms with Crippen LogP contribution >= 0.6 is 0 Å². The third-order valence-corrected chi connectivity index (χ3v) is 7.80. The summed E-state index contributed by atoms with van der Waals surface area (Å²) in [7, 11) is 0. The molecule has 166 valence electrons. The average molecular weight is 442 g/mol. The Morgan fingerprint density at radius 3 is 2.64 bits per heavy atom. The smallest absolute Gasteiger partial charge is 0.254 e. The van der Waals surface area contributed by atoms with Crippen molar-refractivity contribution in [3.63, 3.8) is 0 Å². The van der Waals surface area contributed by atoms with Gasteiger partial charge in [-0.15, -0.1) is 0 Å². The predicted molar refractivity (Wildman–Crippen MR) is 123 cm³/mol. The summed E-state index contributed by atoms with van der Waals surface area (Å²) in [5.41, 5.74) is 4.32. The minimum atomic E-state index is -0.286. The Morgan fingerprint density at radius 1 is 1.12 bits per heavy atom. The summed E-state index contributed by atoms with van der Waals surface area (Å²) in [5.74, 6) is 0.416. The van der Waals surface area contributed by atoms with Crippen LogP contribution in [0.1, 0.15) is 35.2 Å². The van der Waals surface area contributed by atoms with E-state index in [2.05, 4.69) is 26.3 Å². The number of nitrogens with one attached hydrogen (secondary N) is 1. The molecule has 2 bridgehead atoms. The summed E-state index contributed by atoms with van der Waals surface area (Å²) in [6.45, 7) is 2.49. The fourth-order valence-corrected chi connectivity index (χ4v) is 5.84. The van der Waals surface area contributed by atoms with Crippen LogP contribution in [0.5, 0.6) is 0 Å². The summed E-state index contributed by atoms with van der Waals surface area (Å²) in [5, 5.41) is 3.46. The first kappa shape index (κ1) is 19.2. The standard InChI is InChI=1S/C26H24FN5O/c27-22-4-2-1-3-20(22)17-11-29-25(30-12-17)32-15-26(7-8-26)21-6-5-16(9-23(21)32)24(33)31-14-18-10-19(31)13-28-18/h1-6,9,11-12,18-19,28H,7-8,10,13-15H2/t18-,19-/m1/s1. The van der Waals surface area contributed by atoms with Crippen LogP contribution in [0.2, 0.25) is 0 Å². The van der Waals surface area contributed by atoms with Crippen LogP contribution in [0.3, 0.4) is 0 Å². The lowest BCUT2D eigenvalue weighted by Gasteiger charge is -2.28. The molecule has 7 rings (SSSR count). The van der Waals surface area contributed by atoms with Crippen molar-refractivity contribution in [1.82, 2.24) is 20.2 Å². The molecule has 1 aromatic heterocycles. The third-order valence-electron chi connectivity index (χ3n) is 7.80. The van der Waals surface area contributed by atoms with Gasteiger partial charge in [-0.05, 0) is 43.0 Å². The van der Waals surface area contributed by atoms with Crippen LogP contribution in [0.4, 0.5) is 16.0 Å². The van der Waals surface area contributed by atoms with E-state index < -0.39 is 0 Å². The lowest BCUT2D eigenvalue weighted by Crippen LogP contribution is -2.46. The number of carbonyl (C=O) groups excluding carboxylic acids is 1. The van der Waals surface area contributed by atoms with E-state index in [0.29, 0.717) is 29.2 Å². The fraction of sp³-hybridized carbons (Fsp3) is 0.346. The molecule has 4 heterocycles. The lowest BCUT2D eigenvalue weighted by molar-refractivity contribution is 0.0716. The van der Waals surface area contributed by atoms with E-state index in [1.165, 1.54) is 11.6 Å². The van der Waals surface area contributed by atoms with Crippen molar-refractivity contribution in [1.29, 1.82) is 0 Å². The highest BCUT2D eigenvalue weighted by Crippen LogP contribution is 2.57. The van der Waals surface area contributed by atoms with Crippen molar-refractivity contribution in [2.45, 2.75) is 36.8 Å². The molecule has 1 saturated carbocycles. The molecule has 1 spiro atoms. The normalized spacial score (nSPS) is 23.9. The van der Waals surface area contributed by atoms with Gasteiger partial charge in [0.05, 0.1) is 0 Å². The number of hydrogen-bond donors (Lipinski definition) is 1. The molecule has 3 aromatic rings. The minimum Gasteiger partial charge on any atom is -0.333 e. The number of aromatic nitrogens is 2. The van der Waals surface area contributed by atoms with Gasteiger partial charge in [0, 0.05) is 71.9 Å². The highest BCUT2D eigenvalue weighted by atomic mass is 19.1. The van der Waals surface area contributed by atoms with E-state index >= 15 is 0 Å². The van der Waals surface area contributed by atoms with Crippen molar-refractivity contribution in [3.8, 4) is 11.1 Å². The zero-order valence-electron chi connectivity index (χ0n) is 18.2. The Hall–Kier alpha value is -3.32. The van der Waals surface area contributed by atoms with Gasteiger partial charge in [-0.1, -0.05) is 24.3 Å². The first-order valence-electron chi connectivity index (χ1n) is 11.6. The van der Waals surface area contributed by atoms with E-state index in [4.69, 9.17) is 0 Å². The molecule has 1 N–H and O–H groups in total. The first-order valence-corrected chi connectivity index (χ1v) is 11.6. The quantitative estimate of drug-likeness (QED) is 0.672. The number of nitrogens with zero attached hydrogens (tertiary/aromatic N) is 4. The first-order chi connectivity index (χ1) is 16.1. The van der Waals surface area contributed by atoms with Gasteiger partial charge in [0.25, 0.3) is 5.91 Å². The van der Waals surface area contributed by atoms with Crippen molar-refractivity contribution in [2.24, 2.45) is 0 Å². The summed E-state index contributed by atoms with van der Waals surface area (Å²) in [6, 6.07) is 13.5. The summed E-state index contributed by atoms with van der Waals surface area (Å²) in [6.07, 6.45) is 6.69. The molecule has 33 heavy (non-hydrogen) atoms. The van der Waals surface area contributed by atoms with Crippen LogP contribution < -0.4 is 10.2 Å². The van der Waals surface area contributed by atoms with E-state index in [0.717, 1.165) is 50.1 Å². The zero-order chi connectivity index (χ0) is 22.2. The van der Waals surface area contributed by atoms with Gasteiger partial charge in [-0.2, -0.15) is 0 Å². The van der Waals surface area contributed by atoms with Gasteiger partial charge >= 0.3 is 0 Å². The molecule has 2 saturated heterocycles. The maximum atomic E-state index is 14.2. The van der Waals surface area contributed by atoms with Crippen molar-refractivity contribution in [3.05, 3.63) is 71.8 Å². The summed E-state index contributed by atoms with van der Waals surface area (Å²) < 4.78 is 14.2. The fourth-order valence-electron chi connectivity index (χ4n) is 5.84. The van der Waals surface area contributed by atoms with Gasteiger partial charge in [0.2, 0.25) is 5.95 Å². The lowest BCUT2D eigenvalue weighted by atomic mass is 9.97. The zero-order valence-corrected chi connectivity index (χ0v) is 18.2. The maximum Gasteiger partial charge on any atom is 0.254 e. The molecule has 6 nitrogen and oxygen atoms in total. The van der Waals surface area contributed by atoms with Crippen molar-refractivity contribution >= 4 is 17.5 Å². The molecule has 1 amide bonds. The number of likely N-dealkylation sites (tertiary alicyclic amines) is 1. The second kappa shape index (κ2) is 6.84. The van der Waals surface area contributed by atoms with E-state index in [1.807, 2.05) is 17.0 Å². The average Bonchev–Trinajstić information content (AvgIpc) is 3.16. The third kappa shape index (κ3) is 2.92. The van der Waals surface area contributed by atoms with Crippen LogP contribution in [-0.2, 0) is 5.41 Å². The van der Waals surface area contributed by atoms with Gasteiger partial charge in [-0.25, -0.2) is 14.4 Å². The molecule has 4 aliphatic rings. The molecule has 7 heteroatoms. The number of benzene rings is 2. The number of hydrogen-bond acceptors (Lipinski definition) is 5. The number of halogens is 1. The summed E-state index contributed by atoms with van der Waals surface area (Å²) >= 11 is 0. The van der Waals surface area contributed by atoms with E-state index in [9.17, 15) is 9.18 Å². The van der Waals surface area contributed by atoms with Gasteiger partial charge in [0.15, 0.2) is 0 Å². The molecule has 0 radical (unpaired) electrons. The highest BCUT2D eigenvalue weighted by molar-refractivity contribution is 5.96. The van der Waals surface area contributed by atoms with Gasteiger partial charge in [0.1, 0.15) is 5.82 Å². The maximum absolute atomic E-state index is 14.2. The molecular formula is C26H24FN5O. The van der Waals surface area contributed by atoms with Gasteiger partial charge < -0.3 is 15.1 Å². The Balaban J connectivity index is 1.22. The number of amides is 1. The largest absolute Gasteiger partial charge is 0.333 e. The van der Waals surface area contributed by atoms with Crippen molar-refractivity contribution in [2.75, 3.05) is 24.5 Å². The summed E-state index contributed by atoms with van der Waals surface area (Å²) in [4.78, 5) is 26.6. The molecule has 3 aliphatic heterocycles. The SMILES string of the molecule is O=C(c1ccc2c(c1)N(c1ncc(-c3ccccc3F)cn1)CC21CC1)N1C[C@H]2C[C@@H]1CN2. The number of rotatable bonds is 3. The minimum absolute atomic E-state index is 0.110. The van der Waals surface area contributed by atoms with Crippen molar-refractivity contribution < 1.29 is 9.18 Å². The number of fused-ring (bicyclic) bond motifs is 4. The Labute approximate surface area is 191 Å². The highest BCUT2D eigenvalue weighted by Gasteiger charge is 2.52. The second-order valence-electron chi connectivity index (χ2n) is 9.80. The topological polar surface area (TPSA) is 61.4 Å². The number of piperazine rings is 1. The Morgan fingerprint density at radius 2 is 1.94 bits per heavy atom. The molecule has 2 aromatic carbocycles. The molecule has 0 unspecified atom stereocenters. The van der Waals surface area contributed by atoms with E-state index in [-0.39, 0.29) is 17.1 Å². The van der Waals surface area contributed by atoms with Crippen LogP contribution in [0.25, 0.3) is 11.1 Å². The number of anilines is 2. The van der Waals surface area contributed by atoms with E-state index in [1.54, 1.807) is 30.6 Å². The predicted octanol–water partition coefficient (Wildman–Crippen LogP) is 3.65. The second-order valence-corrected chi connectivity index (χ2v) is 9.80. The molecule has 2 atom stereocenters. The molecule has 3 fully saturated rings. The van der Waals surface area contributed by atoms with Gasteiger partial charge in [-0.3, -0.25) is 4.79 Å². The van der Waals surface area contributed by atoms with Crippen LogP contribution in [-0.4, -0.2) is 52.5 Å². The molecular weight excluding hydrogens is 417 g/mol. The Bertz CT molecular complexity index is 1270. The molecule has 1 aliphatic carbocycles. The van der Waals surface area contributed by atoms with Crippen LogP contribution in [0.15, 0.2) is 54.9 Å².